The van der Waals surface area contributed by atoms with E-state index in [2.05, 4.69) is 6.58 Å². The monoisotopic (exact) mass is 358 g/mol. The number of carbonyl (C=O) groups excluding carboxylic acids is 3. The predicted molar refractivity (Wildman–Crippen MR) is 94.5 cm³/mol. The molecule has 26 heavy (non-hydrogen) atoms. The van der Waals surface area contributed by atoms with Gasteiger partial charge >= 0.3 is 11.9 Å². The zero-order valence-electron chi connectivity index (χ0n) is 15.3. The Hall–Kier alpha value is -2.89. The van der Waals surface area contributed by atoms with E-state index in [0.717, 1.165) is 5.56 Å². The number of esters is 2. The van der Waals surface area contributed by atoms with Gasteiger partial charge in [0, 0.05) is 23.6 Å². The van der Waals surface area contributed by atoms with Gasteiger partial charge in [0.05, 0.1) is 0 Å². The van der Waals surface area contributed by atoms with Crippen LogP contribution in [0.25, 0.3) is 0 Å². The second-order valence-corrected chi connectivity index (χ2v) is 6.08. The Morgan fingerprint density at radius 1 is 1.31 bits per heavy atom. The molecule has 1 aliphatic rings. The van der Waals surface area contributed by atoms with E-state index in [1.54, 1.807) is 45.0 Å². The lowest BCUT2D eigenvalue weighted by Gasteiger charge is -2.18. The van der Waals surface area contributed by atoms with E-state index >= 15 is 0 Å². The van der Waals surface area contributed by atoms with Crippen molar-refractivity contribution >= 4 is 18.2 Å². The average molecular weight is 358 g/mol. The van der Waals surface area contributed by atoms with E-state index in [9.17, 15) is 14.4 Å². The molecule has 1 aliphatic heterocycles. The first-order valence-corrected chi connectivity index (χ1v) is 8.24. The van der Waals surface area contributed by atoms with E-state index in [1.807, 2.05) is 0 Å². The molecular weight excluding hydrogens is 336 g/mol. The predicted octanol–water partition coefficient (Wildman–Crippen LogP) is 3.38. The third kappa shape index (κ3) is 4.02. The highest BCUT2D eigenvalue weighted by molar-refractivity contribution is 5.87. The Labute approximate surface area is 152 Å². The number of hydrogen-bond acceptors (Lipinski definition) is 6. The molecule has 0 bridgehead atoms. The van der Waals surface area contributed by atoms with Crippen molar-refractivity contribution in [3.63, 3.8) is 0 Å². The number of benzene rings is 1. The third-order valence-corrected chi connectivity index (χ3v) is 4.19. The summed E-state index contributed by atoms with van der Waals surface area (Å²) in [7, 11) is 0. The van der Waals surface area contributed by atoms with Crippen molar-refractivity contribution in [1.29, 1.82) is 0 Å². The van der Waals surface area contributed by atoms with Gasteiger partial charge in [-0.15, -0.1) is 0 Å². The van der Waals surface area contributed by atoms with Gasteiger partial charge in [0.15, 0.2) is 12.2 Å². The summed E-state index contributed by atoms with van der Waals surface area (Å²) in [6.45, 7) is 10.1. The molecule has 0 aromatic heterocycles. The smallest absolute Gasteiger partial charge is 0.333 e. The van der Waals surface area contributed by atoms with Gasteiger partial charge in [0.1, 0.15) is 18.1 Å². The molecular formula is C20H22O6. The number of hydrogen-bond donors (Lipinski definition) is 0. The molecule has 0 spiro atoms. The molecule has 6 heteroatoms. The molecule has 1 heterocycles. The minimum atomic E-state index is -0.777. The Bertz CT molecular complexity index is 777. The summed E-state index contributed by atoms with van der Waals surface area (Å²) >= 11 is 0. The Morgan fingerprint density at radius 3 is 2.58 bits per heavy atom. The zero-order chi connectivity index (χ0) is 19.4. The van der Waals surface area contributed by atoms with Gasteiger partial charge in [0.25, 0.3) is 0 Å². The highest BCUT2D eigenvalue weighted by atomic mass is 16.6. The maximum absolute atomic E-state index is 11.9. The molecule has 1 aromatic rings. The lowest BCUT2D eigenvalue weighted by molar-refractivity contribution is -0.149. The van der Waals surface area contributed by atoms with Crippen LogP contribution < -0.4 is 4.74 Å². The van der Waals surface area contributed by atoms with Crippen molar-refractivity contribution in [1.82, 2.24) is 0 Å². The van der Waals surface area contributed by atoms with Gasteiger partial charge in [-0.2, -0.15) is 0 Å². The van der Waals surface area contributed by atoms with Crippen molar-refractivity contribution in [2.24, 2.45) is 0 Å². The Balaban J connectivity index is 2.31. The Kier molecular flexibility index (Phi) is 5.97. The fourth-order valence-electron chi connectivity index (χ4n) is 2.59. The zero-order valence-corrected chi connectivity index (χ0v) is 15.3. The molecule has 0 fully saturated rings. The normalized spacial score (nSPS) is 19.8. The number of ether oxygens (including phenoxy) is 3. The van der Waals surface area contributed by atoms with Crippen LogP contribution in [0.15, 0.2) is 42.0 Å². The van der Waals surface area contributed by atoms with Gasteiger partial charge in [-0.3, -0.25) is 9.59 Å². The van der Waals surface area contributed by atoms with Crippen LogP contribution in [0.1, 0.15) is 51.0 Å². The number of fused-ring (bicyclic) bond motifs is 1. The number of allylic oxidation sites excluding steroid dienone is 1. The first-order valence-electron chi connectivity index (χ1n) is 8.24. The van der Waals surface area contributed by atoms with Crippen molar-refractivity contribution in [2.45, 2.75) is 46.0 Å². The van der Waals surface area contributed by atoms with Gasteiger partial charge < -0.3 is 14.2 Å². The maximum atomic E-state index is 11.9. The lowest BCUT2D eigenvalue weighted by atomic mass is 9.99. The number of carbonyl (C=O) groups is 3. The summed E-state index contributed by atoms with van der Waals surface area (Å²) in [6.07, 6.45) is 0.204. The third-order valence-electron chi connectivity index (χ3n) is 4.19. The highest BCUT2D eigenvalue weighted by Gasteiger charge is 2.39. The van der Waals surface area contributed by atoms with Crippen molar-refractivity contribution < 1.29 is 28.6 Å². The minimum Gasteiger partial charge on any atom is -0.481 e. The average Bonchev–Trinajstić information content (AvgIpc) is 2.97. The molecule has 2 rings (SSSR count). The molecule has 1 aromatic carbocycles. The highest BCUT2D eigenvalue weighted by Crippen LogP contribution is 2.42. The van der Waals surface area contributed by atoms with Crippen LogP contribution in [0.5, 0.6) is 5.75 Å². The SMILES string of the molecule is C=C(C=O)[C@@H]1Oc2ccc(C(C)OC(=O)/C(C)=C/C)cc2[C@@H]1OC(C)=O. The van der Waals surface area contributed by atoms with Crippen LogP contribution in [-0.2, 0) is 23.9 Å². The van der Waals surface area contributed by atoms with Crippen LogP contribution in [-0.4, -0.2) is 24.3 Å². The summed E-state index contributed by atoms with van der Waals surface area (Å²) in [5.41, 5.74) is 2.02. The second-order valence-electron chi connectivity index (χ2n) is 6.08. The van der Waals surface area contributed by atoms with E-state index < -0.39 is 30.3 Å². The first kappa shape index (κ1) is 19.4. The van der Waals surface area contributed by atoms with Gasteiger partial charge in [0.2, 0.25) is 0 Å². The van der Waals surface area contributed by atoms with Crippen LogP contribution >= 0.6 is 0 Å². The first-order chi connectivity index (χ1) is 12.3. The molecule has 138 valence electrons. The summed E-state index contributed by atoms with van der Waals surface area (Å²) in [5.74, 6) is -0.402. The van der Waals surface area contributed by atoms with Crippen LogP contribution in [0.3, 0.4) is 0 Å². The van der Waals surface area contributed by atoms with E-state index in [1.165, 1.54) is 6.92 Å². The van der Waals surface area contributed by atoms with E-state index in [0.29, 0.717) is 23.2 Å². The molecule has 0 N–H and O–H groups in total. The minimum absolute atomic E-state index is 0.178. The van der Waals surface area contributed by atoms with Gasteiger partial charge in [-0.1, -0.05) is 18.7 Å². The molecule has 1 unspecified atom stereocenters. The van der Waals surface area contributed by atoms with Crippen molar-refractivity contribution in [3.05, 3.63) is 53.1 Å². The molecule has 0 radical (unpaired) electrons. The quantitative estimate of drug-likeness (QED) is 0.441. The van der Waals surface area contributed by atoms with Crippen LogP contribution in [0, 0.1) is 0 Å². The summed E-state index contributed by atoms with van der Waals surface area (Å²) in [4.78, 5) is 34.5. The fraction of sp³-hybridized carbons (Fsp3) is 0.350. The Morgan fingerprint density at radius 2 is 2.00 bits per heavy atom. The van der Waals surface area contributed by atoms with E-state index in [4.69, 9.17) is 14.2 Å². The van der Waals surface area contributed by atoms with Crippen LogP contribution in [0.2, 0.25) is 0 Å². The molecule has 3 atom stereocenters. The molecule has 0 amide bonds. The molecule has 0 saturated heterocycles. The van der Waals surface area contributed by atoms with Crippen LogP contribution in [0.4, 0.5) is 0 Å². The molecule has 0 saturated carbocycles. The summed E-state index contributed by atoms with van der Waals surface area (Å²) in [6, 6.07) is 5.22. The van der Waals surface area contributed by atoms with Gasteiger partial charge in [-0.05, 0) is 38.5 Å². The largest absolute Gasteiger partial charge is 0.481 e. The van der Waals surface area contributed by atoms with Gasteiger partial charge in [-0.25, -0.2) is 4.79 Å². The summed E-state index contributed by atoms with van der Waals surface area (Å²) in [5, 5.41) is 0. The second kappa shape index (κ2) is 7.99. The topological polar surface area (TPSA) is 78.9 Å². The van der Waals surface area contributed by atoms with E-state index in [-0.39, 0.29) is 5.57 Å². The van der Waals surface area contributed by atoms with Crippen molar-refractivity contribution in [2.75, 3.05) is 0 Å². The number of rotatable bonds is 6. The molecule has 6 nitrogen and oxygen atoms in total. The standard InChI is InChI=1S/C20H22O6/c1-6-11(2)20(23)24-13(4)15-7-8-17-16(9-15)19(25-14(5)22)18(26-17)12(3)10-21/h6-10,13,18-19H,3H2,1-2,4-5H3/b11-6+/t13?,18-,19-/m0/s1. The number of aldehydes is 1. The summed E-state index contributed by atoms with van der Waals surface area (Å²) < 4.78 is 16.5. The molecule has 0 aliphatic carbocycles. The maximum Gasteiger partial charge on any atom is 0.333 e. The van der Waals surface area contributed by atoms with Crippen molar-refractivity contribution in [3.8, 4) is 5.75 Å². The fourth-order valence-corrected chi connectivity index (χ4v) is 2.59. The lowest BCUT2D eigenvalue weighted by Crippen LogP contribution is -2.25.